The molecule has 6 heteroatoms. The zero-order valence-electron chi connectivity index (χ0n) is 14.9. The van der Waals surface area contributed by atoms with Crippen LogP contribution in [0.1, 0.15) is 29.8 Å². The van der Waals surface area contributed by atoms with Gasteiger partial charge in [0.25, 0.3) is 0 Å². The first kappa shape index (κ1) is 21.1. The third kappa shape index (κ3) is 6.50. The molecule has 0 aliphatic carbocycles. The number of alkyl halides is 2. The molecule has 0 radical (unpaired) electrons. The number of carbonyl (C=O) groups is 1. The van der Waals surface area contributed by atoms with Gasteiger partial charge in [0.1, 0.15) is 6.61 Å². The fraction of sp³-hybridized carbons (Fsp3) is 0.611. The smallest absolute Gasteiger partial charge is 0.338 e. The van der Waals surface area contributed by atoms with Gasteiger partial charge >= 0.3 is 5.97 Å². The standard InChI is InChI=1S/C18H28Cl2N2O2/c1-4-21(5-2)12-13-24-18(23)16-7-6-15(3)17(14-16)22(10-8-19)11-9-20/h6-7,14H,4-5,8-13H2,1-3H3. The minimum absolute atomic E-state index is 0.292. The first-order valence-electron chi connectivity index (χ1n) is 8.44. The molecule has 0 spiro atoms. The van der Waals surface area contributed by atoms with Crippen LogP contribution in [0.2, 0.25) is 0 Å². The number of ether oxygens (including phenoxy) is 1. The summed E-state index contributed by atoms with van der Waals surface area (Å²) < 4.78 is 5.41. The molecule has 0 aliphatic heterocycles. The molecule has 0 atom stereocenters. The van der Waals surface area contributed by atoms with Crippen LogP contribution in [0.3, 0.4) is 0 Å². The largest absolute Gasteiger partial charge is 0.461 e. The monoisotopic (exact) mass is 374 g/mol. The molecule has 0 aliphatic rings. The van der Waals surface area contributed by atoms with E-state index in [0.29, 0.717) is 37.0 Å². The minimum atomic E-state index is -0.292. The van der Waals surface area contributed by atoms with Crippen molar-refractivity contribution in [1.82, 2.24) is 4.90 Å². The summed E-state index contributed by atoms with van der Waals surface area (Å²) in [4.78, 5) is 16.6. The summed E-state index contributed by atoms with van der Waals surface area (Å²) in [6, 6.07) is 5.61. The second kappa shape index (κ2) is 11.6. The van der Waals surface area contributed by atoms with E-state index in [1.165, 1.54) is 0 Å². The Hall–Kier alpha value is -0.970. The average Bonchev–Trinajstić information content (AvgIpc) is 2.59. The second-order valence-electron chi connectivity index (χ2n) is 5.53. The van der Waals surface area contributed by atoms with Crippen LogP contribution in [-0.4, -0.2) is 62.0 Å². The number of hydrogen-bond donors (Lipinski definition) is 0. The molecule has 0 N–H and O–H groups in total. The molecule has 4 nitrogen and oxygen atoms in total. The highest BCUT2D eigenvalue weighted by molar-refractivity contribution is 6.18. The van der Waals surface area contributed by atoms with Crippen LogP contribution in [0, 0.1) is 6.92 Å². The molecule has 0 saturated carbocycles. The van der Waals surface area contributed by atoms with Gasteiger partial charge in [-0.3, -0.25) is 0 Å². The lowest BCUT2D eigenvalue weighted by Gasteiger charge is -2.25. The summed E-state index contributed by atoms with van der Waals surface area (Å²) in [6.45, 7) is 10.6. The third-order valence-corrected chi connectivity index (χ3v) is 4.37. The van der Waals surface area contributed by atoms with E-state index in [9.17, 15) is 4.79 Å². The first-order valence-corrected chi connectivity index (χ1v) is 9.51. The maximum absolute atomic E-state index is 12.3. The molecule has 1 aromatic rings. The molecule has 0 amide bonds. The van der Waals surface area contributed by atoms with Crippen molar-refractivity contribution >= 4 is 34.9 Å². The Labute approximate surface area is 155 Å². The lowest BCUT2D eigenvalue weighted by Crippen LogP contribution is -2.29. The van der Waals surface area contributed by atoms with Crippen LogP contribution in [0.4, 0.5) is 5.69 Å². The number of hydrogen-bond acceptors (Lipinski definition) is 4. The van der Waals surface area contributed by atoms with Gasteiger partial charge in [-0.2, -0.15) is 0 Å². The molecule has 0 saturated heterocycles. The highest BCUT2D eigenvalue weighted by atomic mass is 35.5. The number of rotatable bonds is 11. The van der Waals surface area contributed by atoms with Crippen LogP contribution in [0.5, 0.6) is 0 Å². The van der Waals surface area contributed by atoms with Crippen LogP contribution in [-0.2, 0) is 4.74 Å². The van der Waals surface area contributed by atoms with Gasteiger partial charge in [0, 0.05) is 37.1 Å². The Morgan fingerprint density at radius 3 is 2.25 bits per heavy atom. The maximum Gasteiger partial charge on any atom is 0.338 e. The van der Waals surface area contributed by atoms with E-state index in [-0.39, 0.29) is 5.97 Å². The Balaban J connectivity index is 2.77. The molecule has 0 heterocycles. The van der Waals surface area contributed by atoms with Gasteiger partial charge in [-0.1, -0.05) is 19.9 Å². The van der Waals surface area contributed by atoms with Gasteiger partial charge in [-0.25, -0.2) is 4.79 Å². The van der Waals surface area contributed by atoms with Crippen LogP contribution >= 0.6 is 23.2 Å². The number of anilines is 1. The fourth-order valence-corrected chi connectivity index (χ4v) is 2.93. The van der Waals surface area contributed by atoms with Crippen molar-refractivity contribution in [2.24, 2.45) is 0 Å². The maximum atomic E-state index is 12.3. The van der Waals surface area contributed by atoms with Crippen LogP contribution < -0.4 is 4.90 Å². The summed E-state index contributed by atoms with van der Waals surface area (Å²) in [6.07, 6.45) is 0. The lowest BCUT2D eigenvalue weighted by atomic mass is 10.1. The van der Waals surface area contributed by atoms with Crippen LogP contribution in [0.15, 0.2) is 18.2 Å². The predicted octanol–water partition coefficient (Wildman–Crippen LogP) is 3.78. The summed E-state index contributed by atoms with van der Waals surface area (Å²) in [7, 11) is 0. The molecule has 0 unspecified atom stereocenters. The molecule has 1 rings (SSSR count). The Bertz CT molecular complexity index is 502. The number of likely N-dealkylation sites (N-methyl/N-ethyl adjacent to an activating group) is 1. The number of aryl methyl sites for hydroxylation is 1. The molecule has 0 aromatic heterocycles. The number of benzene rings is 1. The molecular formula is C18H28Cl2N2O2. The quantitative estimate of drug-likeness (QED) is 0.435. The van der Waals surface area contributed by atoms with Gasteiger partial charge in [-0.15, -0.1) is 23.2 Å². The van der Waals surface area contributed by atoms with Gasteiger partial charge in [-0.05, 0) is 37.7 Å². The number of carbonyl (C=O) groups excluding carboxylic acids is 1. The van der Waals surface area contributed by atoms with E-state index in [1.807, 2.05) is 19.1 Å². The summed E-state index contributed by atoms with van der Waals surface area (Å²) in [5, 5.41) is 0. The molecular weight excluding hydrogens is 347 g/mol. The molecule has 0 bridgehead atoms. The summed E-state index contributed by atoms with van der Waals surface area (Å²) in [5.74, 6) is 0.726. The Morgan fingerprint density at radius 2 is 1.71 bits per heavy atom. The molecule has 136 valence electrons. The van der Waals surface area contributed by atoms with Crippen molar-refractivity contribution in [1.29, 1.82) is 0 Å². The third-order valence-electron chi connectivity index (χ3n) is 4.03. The highest BCUT2D eigenvalue weighted by Crippen LogP contribution is 2.22. The van der Waals surface area contributed by atoms with Crippen molar-refractivity contribution in [3.05, 3.63) is 29.3 Å². The topological polar surface area (TPSA) is 32.8 Å². The van der Waals surface area contributed by atoms with Gasteiger partial charge in [0.15, 0.2) is 0 Å². The molecule has 24 heavy (non-hydrogen) atoms. The van der Waals surface area contributed by atoms with Crippen molar-refractivity contribution in [3.63, 3.8) is 0 Å². The number of halogens is 2. The minimum Gasteiger partial charge on any atom is -0.461 e. The Morgan fingerprint density at radius 1 is 1.08 bits per heavy atom. The van der Waals surface area contributed by atoms with Gasteiger partial charge in [0.05, 0.1) is 5.56 Å². The first-order chi connectivity index (χ1) is 11.6. The van der Waals surface area contributed by atoms with E-state index < -0.39 is 0 Å². The van der Waals surface area contributed by atoms with Crippen molar-refractivity contribution in [2.45, 2.75) is 20.8 Å². The summed E-state index contributed by atoms with van der Waals surface area (Å²) in [5.41, 5.74) is 2.63. The zero-order valence-corrected chi connectivity index (χ0v) is 16.4. The normalized spacial score (nSPS) is 10.9. The second-order valence-corrected chi connectivity index (χ2v) is 6.29. The van der Waals surface area contributed by atoms with Crippen molar-refractivity contribution in [2.75, 3.05) is 56.0 Å². The number of esters is 1. The van der Waals surface area contributed by atoms with Crippen molar-refractivity contribution < 1.29 is 9.53 Å². The summed E-state index contributed by atoms with van der Waals surface area (Å²) >= 11 is 11.8. The van der Waals surface area contributed by atoms with E-state index in [2.05, 4.69) is 23.6 Å². The molecule has 1 aromatic carbocycles. The predicted molar refractivity (Wildman–Crippen MR) is 103 cm³/mol. The van der Waals surface area contributed by atoms with E-state index in [0.717, 1.165) is 30.9 Å². The zero-order chi connectivity index (χ0) is 17.9. The fourth-order valence-electron chi connectivity index (χ4n) is 2.52. The van der Waals surface area contributed by atoms with E-state index >= 15 is 0 Å². The van der Waals surface area contributed by atoms with Gasteiger partial charge in [0.2, 0.25) is 0 Å². The van der Waals surface area contributed by atoms with Crippen LogP contribution in [0.25, 0.3) is 0 Å². The highest BCUT2D eigenvalue weighted by Gasteiger charge is 2.14. The van der Waals surface area contributed by atoms with Gasteiger partial charge < -0.3 is 14.5 Å². The SMILES string of the molecule is CCN(CC)CCOC(=O)c1ccc(C)c(N(CCCl)CCCl)c1. The number of nitrogens with zero attached hydrogens (tertiary/aromatic N) is 2. The molecule has 0 fully saturated rings. The lowest BCUT2D eigenvalue weighted by molar-refractivity contribution is 0.0466. The average molecular weight is 375 g/mol. The van der Waals surface area contributed by atoms with E-state index in [4.69, 9.17) is 27.9 Å². The Kier molecular flexibility index (Phi) is 10.2. The van der Waals surface area contributed by atoms with E-state index in [1.54, 1.807) is 6.07 Å². The van der Waals surface area contributed by atoms with Crippen molar-refractivity contribution in [3.8, 4) is 0 Å².